The number of fused-ring (bicyclic) bond motifs is 1. The van der Waals surface area contributed by atoms with E-state index in [-0.39, 0.29) is 5.41 Å². The Labute approximate surface area is 124 Å². The fourth-order valence-corrected chi connectivity index (χ4v) is 2.44. The van der Waals surface area contributed by atoms with Crippen molar-refractivity contribution >= 4 is 16.8 Å². The molecule has 2 N–H and O–H groups in total. The van der Waals surface area contributed by atoms with Crippen LogP contribution in [0.5, 0.6) is 0 Å². The number of benzene rings is 2. The van der Waals surface area contributed by atoms with Crippen molar-refractivity contribution in [2.45, 2.75) is 33.1 Å². The Morgan fingerprint density at radius 3 is 2.33 bits per heavy atom. The van der Waals surface area contributed by atoms with Crippen LogP contribution in [0.1, 0.15) is 31.9 Å². The average molecular weight is 280 g/mol. The fourth-order valence-electron chi connectivity index (χ4n) is 2.44. The van der Waals surface area contributed by atoms with Gasteiger partial charge in [-0.2, -0.15) is 0 Å². The van der Waals surface area contributed by atoms with Crippen LogP contribution in [0.25, 0.3) is 22.6 Å². The van der Waals surface area contributed by atoms with Gasteiger partial charge in [0.15, 0.2) is 5.58 Å². The number of nitrogens with zero attached hydrogens (tertiary/aromatic N) is 1. The Morgan fingerprint density at radius 1 is 1.05 bits per heavy atom. The average Bonchev–Trinajstić information content (AvgIpc) is 2.82. The topological polar surface area (TPSA) is 52.0 Å². The Morgan fingerprint density at radius 2 is 1.71 bits per heavy atom. The molecule has 0 unspecified atom stereocenters. The summed E-state index contributed by atoms with van der Waals surface area (Å²) < 4.78 is 5.83. The molecule has 3 heteroatoms. The summed E-state index contributed by atoms with van der Waals surface area (Å²) in [6, 6.07) is 12.2. The number of nitrogens with two attached hydrogens (primary N) is 1. The van der Waals surface area contributed by atoms with Crippen LogP contribution >= 0.6 is 0 Å². The molecule has 0 spiro atoms. The number of aryl methyl sites for hydroxylation is 1. The van der Waals surface area contributed by atoms with Crippen molar-refractivity contribution in [1.29, 1.82) is 0 Å². The van der Waals surface area contributed by atoms with E-state index in [2.05, 4.69) is 37.9 Å². The number of hydrogen-bond acceptors (Lipinski definition) is 3. The largest absolute Gasteiger partial charge is 0.434 e. The zero-order valence-corrected chi connectivity index (χ0v) is 12.9. The maximum absolute atomic E-state index is 6.00. The van der Waals surface area contributed by atoms with Gasteiger partial charge in [0, 0.05) is 5.56 Å². The molecule has 108 valence electrons. The highest BCUT2D eigenvalue weighted by Gasteiger charge is 2.15. The van der Waals surface area contributed by atoms with Gasteiger partial charge < -0.3 is 10.2 Å². The van der Waals surface area contributed by atoms with Gasteiger partial charge >= 0.3 is 0 Å². The number of aromatic nitrogens is 1. The lowest BCUT2D eigenvalue weighted by Gasteiger charge is -2.18. The predicted molar refractivity (Wildman–Crippen MR) is 87.3 cm³/mol. The molecule has 0 aliphatic carbocycles. The highest BCUT2D eigenvalue weighted by Crippen LogP contribution is 2.30. The second-order valence-electron chi connectivity index (χ2n) is 6.55. The molecule has 0 saturated carbocycles. The highest BCUT2D eigenvalue weighted by molar-refractivity contribution is 5.87. The molecule has 0 atom stereocenters. The molecule has 3 nitrogen and oxygen atoms in total. The lowest BCUT2D eigenvalue weighted by molar-refractivity contribution is 0.589. The minimum Gasteiger partial charge on any atom is -0.434 e. The summed E-state index contributed by atoms with van der Waals surface area (Å²) in [4.78, 5) is 4.55. The van der Waals surface area contributed by atoms with Gasteiger partial charge in [-0.1, -0.05) is 32.9 Å². The Kier molecular flexibility index (Phi) is 3.01. The molecule has 0 radical (unpaired) electrons. The lowest BCUT2D eigenvalue weighted by Crippen LogP contribution is -2.10. The predicted octanol–water partition coefficient (Wildman–Crippen LogP) is 4.68. The molecule has 1 aromatic heterocycles. The summed E-state index contributed by atoms with van der Waals surface area (Å²) in [6.45, 7) is 8.60. The molecule has 21 heavy (non-hydrogen) atoms. The number of rotatable bonds is 1. The SMILES string of the molecule is Cc1cc(N)c2oc(-c3ccc(C(C)(C)C)cc3)nc2c1. The zero-order valence-electron chi connectivity index (χ0n) is 12.9. The van der Waals surface area contributed by atoms with E-state index in [1.54, 1.807) is 0 Å². The number of nitrogen functional groups attached to an aromatic ring is 1. The van der Waals surface area contributed by atoms with Gasteiger partial charge in [-0.15, -0.1) is 0 Å². The first-order chi connectivity index (χ1) is 9.84. The Balaban J connectivity index is 2.06. The van der Waals surface area contributed by atoms with E-state index in [4.69, 9.17) is 10.2 Å². The molecular weight excluding hydrogens is 260 g/mol. The Bertz CT molecular complexity index is 792. The Hall–Kier alpha value is -2.29. The third kappa shape index (κ3) is 2.51. The zero-order chi connectivity index (χ0) is 15.2. The first kappa shape index (κ1) is 13.7. The van der Waals surface area contributed by atoms with Crippen LogP contribution in [-0.2, 0) is 5.41 Å². The van der Waals surface area contributed by atoms with Crippen LogP contribution in [0.2, 0.25) is 0 Å². The first-order valence-electron chi connectivity index (χ1n) is 7.12. The van der Waals surface area contributed by atoms with Gasteiger partial charge in [-0.25, -0.2) is 4.98 Å². The van der Waals surface area contributed by atoms with Crippen molar-refractivity contribution in [3.8, 4) is 11.5 Å². The van der Waals surface area contributed by atoms with Crippen molar-refractivity contribution in [3.63, 3.8) is 0 Å². The summed E-state index contributed by atoms with van der Waals surface area (Å²) in [7, 11) is 0. The van der Waals surface area contributed by atoms with Gasteiger partial charge in [0.05, 0.1) is 5.69 Å². The van der Waals surface area contributed by atoms with E-state index in [0.29, 0.717) is 17.2 Å². The van der Waals surface area contributed by atoms with Crippen molar-refractivity contribution in [1.82, 2.24) is 4.98 Å². The maximum atomic E-state index is 6.00. The number of oxazole rings is 1. The van der Waals surface area contributed by atoms with E-state index >= 15 is 0 Å². The van der Waals surface area contributed by atoms with Crippen molar-refractivity contribution in [2.24, 2.45) is 0 Å². The minimum absolute atomic E-state index is 0.140. The van der Waals surface area contributed by atoms with Crippen LogP contribution in [0, 0.1) is 6.92 Å². The summed E-state index contributed by atoms with van der Waals surface area (Å²) in [5.41, 5.74) is 11.6. The summed E-state index contributed by atoms with van der Waals surface area (Å²) in [5.74, 6) is 0.614. The molecule has 0 bridgehead atoms. The molecule has 2 aromatic carbocycles. The van der Waals surface area contributed by atoms with Crippen LogP contribution in [0.4, 0.5) is 5.69 Å². The fraction of sp³-hybridized carbons (Fsp3) is 0.278. The molecule has 0 aliphatic rings. The number of anilines is 1. The van der Waals surface area contributed by atoms with E-state index < -0.39 is 0 Å². The second-order valence-corrected chi connectivity index (χ2v) is 6.55. The van der Waals surface area contributed by atoms with Crippen molar-refractivity contribution in [2.75, 3.05) is 5.73 Å². The van der Waals surface area contributed by atoms with E-state index in [1.165, 1.54) is 5.56 Å². The van der Waals surface area contributed by atoms with Crippen LogP contribution < -0.4 is 5.73 Å². The summed E-state index contributed by atoms with van der Waals surface area (Å²) in [6.07, 6.45) is 0. The maximum Gasteiger partial charge on any atom is 0.227 e. The van der Waals surface area contributed by atoms with Gasteiger partial charge in [-0.05, 0) is 47.7 Å². The smallest absolute Gasteiger partial charge is 0.227 e. The molecule has 3 rings (SSSR count). The van der Waals surface area contributed by atoms with Crippen LogP contribution in [-0.4, -0.2) is 4.98 Å². The molecule has 0 fully saturated rings. The number of hydrogen-bond donors (Lipinski definition) is 1. The van der Waals surface area contributed by atoms with E-state index in [0.717, 1.165) is 16.6 Å². The molecule has 0 saturated heterocycles. The second kappa shape index (κ2) is 4.62. The van der Waals surface area contributed by atoms with Crippen molar-refractivity contribution in [3.05, 3.63) is 47.5 Å². The summed E-state index contributed by atoms with van der Waals surface area (Å²) >= 11 is 0. The van der Waals surface area contributed by atoms with E-state index in [9.17, 15) is 0 Å². The highest BCUT2D eigenvalue weighted by atomic mass is 16.3. The monoisotopic (exact) mass is 280 g/mol. The third-order valence-electron chi connectivity index (χ3n) is 3.66. The van der Waals surface area contributed by atoms with Crippen molar-refractivity contribution < 1.29 is 4.42 Å². The lowest BCUT2D eigenvalue weighted by atomic mass is 9.87. The normalized spacial score (nSPS) is 12.0. The molecule has 1 heterocycles. The summed E-state index contributed by atoms with van der Waals surface area (Å²) in [5, 5.41) is 0. The minimum atomic E-state index is 0.140. The van der Waals surface area contributed by atoms with Crippen LogP contribution in [0.3, 0.4) is 0 Å². The van der Waals surface area contributed by atoms with Gasteiger partial charge in [-0.3, -0.25) is 0 Å². The molecule has 0 aliphatic heterocycles. The molecular formula is C18H20N2O. The molecule has 3 aromatic rings. The molecule has 0 amide bonds. The first-order valence-corrected chi connectivity index (χ1v) is 7.12. The van der Waals surface area contributed by atoms with E-state index in [1.807, 2.05) is 31.2 Å². The van der Waals surface area contributed by atoms with Gasteiger partial charge in [0.25, 0.3) is 0 Å². The standard InChI is InChI=1S/C18H20N2O/c1-11-9-14(19)16-15(10-11)20-17(21-16)12-5-7-13(8-6-12)18(2,3)4/h5-10H,19H2,1-4H3. The van der Waals surface area contributed by atoms with Gasteiger partial charge in [0.2, 0.25) is 5.89 Å². The van der Waals surface area contributed by atoms with Gasteiger partial charge in [0.1, 0.15) is 5.52 Å². The quantitative estimate of drug-likeness (QED) is 0.658. The third-order valence-corrected chi connectivity index (χ3v) is 3.66. The van der Waals surface area contributed by atoms with Crippen LogP contribution in [0.15, 0.2) is 40.8 Å².